The highest BCUT2D eigenvalue weighted by Crippen LogP contribution is 2.20. The number of ether oxygens (including phenoxy) is 1. The molecule has 1 heterocycles. The van der Waals surface area contributed by atoms with Crippen LogP contribution in [0.1, 0.15) is 23.4 Å². The summed E-state index contributed by atoms with van der Waals surface area (Å²) < 4.78 is 18.7. The normalized spacial score (nSPS) is 11.0. The van der Waals surface area contributed by atoms with Crippen LogP contribution < -0.4 is 4.74 Å². The lowest BCUT2D eigenvalue weighted by molar-refractivity contribution is 0.233. The van der Waals surface area contributed by atoms with Crippen LogP contribution in [0.3, 0.4) is 0 Å². The van der Waals surface area contributed by atoms with E-state index in [1.54, 1.807) is 18.2 Å². The fraction of sp³-hybridized carbons (Fsp3) is 0.235. The number of hydrogen-bond donors (Lipinski definition) is 1. The molecule has 0 atom stereocenters. The summed E-state index contributed by atoms with van der Waals surface area (Å²) >= 11 is 0. The van der Waals surface area contributed by atoms with Gasteiger partial charge in [-0.2, -0.15) is 0 Å². The van der Waals surface area contributed by atoms with Gasteiger partial charge in [0.1, 0.15) is 17.3 Å². The van der Waals surface area contributed by atoms with Crippen molar-refractivity contribution in [1.82, 2.24) is 4.98 Å². The summed E-state index contributed by atoms with van der Waals surface area (Å²) in [5.41, 5.74) is 2.33. The summed E-state index contributed by atoms with van der Waals surface area (Å²) in [6, 6.07) is 10.1. The second-order valence-corrected chi connectivity index (χ2v) is 4.65. The van der Waals surface area contributed by atoms with E-state index in [4.69, 9.17) is 9.84 Å². The van der Waals surface area contributed by atoms with Gasteiger partial charge in [0, 0.05) is 18.7 Å². The summed E-state index contributed by atoms with van der Waals surface area (Å²) in [5.74, 6) is 0.385. The molecule has 21 heavy (non-hydrogen) atoms. The van der Waals surface area contributed by atoms with Gasteiger partial charge >= 0.3 is 0 Å². The molecule has 0 saturated carbocycles. The summed E-state index contributed by atoms with van der Waals surface area (Å²) in [7, 11) is 0. The van der Waals surface area contributed by atoms with Crippen LogP contribution in [0.15, 0.2) is 36.4 Å². The predicted molar refractivity (Wildman–Crippen MR) is 81.5 cm³/mol. The van der Waals surface area contributed by atoms with E-state index in [2.05, 4.69) is 4.98 Å². The van der Waals surface area contributed by atoms with E-state index < -0.39 is 0 Å². The van der Waals surface area contributed by atoms with Gasteiger partial charge < -0.3 is 9.84 Å². The molecule has 0 bridgehead atoms. The second-order valence-electron chi connectivity index (χ2n) is 4.65. The fourth-order valence-corrected chi connectivity index (χ4v) is 1.84. The molecule has 1 aromatic carbocycles. The molecular formula is C17H18FNO2. The molecule has 2 aromatic rings. The predicted octanol–water partition coefficient (Wildman–Crippen LogP) is 3.46. The van der Waals surface area contributed by atoms with Gasteiger partial charge in [-0.05, 0) is 42.8 Å². The van der Waals surface area contributed by atoms with Gasteiger partial charge in [0.2, 0.25) is 0 Å². The van der Waals surface area contributed by atoms with E-state index in [0.29, 0.717) is 24.5 Å². The minimum atomic E-state index is -0.270. The van der Waals surface area contributed by atoms with Crippen LogP contribution >= 0.6 is 0 Å². The van der Waals surface area contributed by atoms with Crippen LogP contribution in [0.4, 0.5) is 4.39 Å². The molecule has 0 aliphatic carbocycles. The van der Waals surface area contributed by atoms with E-state index in [0.717, 1.165) is 11.3 Å². The minimum Gasteiger partial charge on any atom is -0.491 e. The number of benzene rings is 1. The second kappa shape index (κ2) is 7.55. The van der Waals surface area contributed by atoms with Crippen molar-refractivity contribution in [3.8, 4) is 5.75 Å². The number of aryl methyl sites for hydroxylation is 1. The van der Waals surface area contributed by atoms with Crippen molar-refractivity contribution in [3.63, 3.8) is 0 Å². The van der Waals surface area contributed by atoms with Crippen LogP contribution in [-0.2, 0) is 0 Å². The fourth-order valence-electron chi connectivity index (χ4n) is 1.84. The standard InChI is InChI=1S/C17H18FNO2/c1-13-6-9-17(21-11-3-10-20)16(19-13)8-7-14-4-2-5-15(18)12-14/h2,4-9,12,20H,3,10-11H2,1H3/b8-7+. The Bertz CT molecular complexity index is 626. The number of aliphatic hydroxyl groups is 1. The summed E-state index contributed by atoms with van der Waals surface area (Å²) in [5, 5.41) is 8.79. The van der Waals surface area contributed by atoms with Crippen molar-refractivity contribution in [2.24, 2.45) is 0 Å². The summed E-state index contributed by atoms with van der Waals surface area (Å²) in [6.45, 7) is 2.42. The van der Waals surface area contributed by atoms with Gasteiger partial charge in [0.05, 0.1) is 6.61 Å². The Labute approximate surface area is 123 Å². The first kappa shape index (κ1) is 15.2. The molecule has 1 N–H and O–H groups in total. The molecule has 4 heteroatoms. The van der Waals surface area contributed by atoms with Crippen molar-refractivity contribution in [2.75, 3.05) is 13.2 Å². The monoisotopic (exact) mass is 287 g/mol. The number of aromatic nitrogens is 1. The molecule has 0 aliphatic rings. The molecule has 0 unspecified atom stereocenters. The number of nitrogens with zero attached hydrogens (tertiary/aromatic N) is 1. The van der Waals surface area contributed by atoms with Crippen molar-refractivity contribution in [3.05, 3.63) is 59.2 Å². The van der Waals surface area contributed by atoms with Gasteiger partial charge in [-0.15, -0.1) is 0 Å². The molecule has 0 fully saturated rings. The molecule has 0 saturated heterocycles. The topological polar surface area (TPSA) is 42.4 Å². The Balaban J connectivity index is 2.19. The number of aliphatic hydroxyl groups excluding tert-OH is 1. The van der Waals surface area contributed by atoms with Crippen LogP contribution in [0.25, 0.3) is 12.2 Å². The third-order valence-corrected chi connectivity index (χ3v) is 2.87. The van der Waals surface area contributed by atoms with Crippen LogP contribution in [0, 0.1) is 12.7 Å². The third kappa shape index (κ3) is 4.68. The molecule has 110 valence electrons. The maximum atomic E-state index is 13.1. The van der Waals surface area contributed by atoms with E-state index >= 15 is 0 Å². The van der Waals surface area contributed by atoms with Crippen molar-refractivity contribution >= 4 is 12.2 Å². The average Bonchev–Trinajstić information content (AvgIpc) is 2.47. The quantitative estimate of drug-likeness (QED) is 0.827. The highest BCUT2D eigenvalue weighted by molar-refractivity contribution is 5.70. The smallest absolute Gasteiger partial charge is 0.144 e. The highest BCUT2D eigenvalue weighted by Gasteiger charge is 2.03. The van der Waals surface area contributed by atoms with Crippen molar-refractivity contribution in [2.45, 2.75) is 13.3 Å². The molecule has 0 amide bonds. The zero-order valence-electron chi connectivity index (χ0n) is 11.9. The van der Waals surface area contributed by atoms with Gasteiger partial charge in [-0.25, -0.2) is 9.37 Å². The Kier molecular flexibility index (Phi) is 5.46. The Hall–Kier alpha value is -2.20. The largest absolute Gasteiger partial charge is 0.491 e. The number of halogens is 1. The Morgan fingerprint density at radius 1 is 1.24 bits per heavy atom. The van der Waals surface area contributed by atoms with Crippen LogP contribution in [-0.4, -0.2) is 23.3 Å². The first-order valence-electron chi connectivity index (χ1n) is 6.84. The van der Waals surface area contributed by atoms with Gasteiger partial charge in [0.25, 0.3) is 0 Å². The van der Waals surface area contributed by atoms with Gasteiger partial charge in [-0.1, -0.05) is 18.2 Å². The van der Waals surface area contributed by atoms with E-state index in [9.17, 15) is 4.39 Å². The highest BCUT2D eigenvalue weighted by atomic mass is 19.1. The maximum Gasteiger partial charge on any atom is 0.144 e. The van der Waals surface area contributed by atoms with Crippen LogP contribution in [0.5, 0.6) is 5.75 Å². The zero-order valence-corrected chi connectivity index (χ0v) is 11.9. The molecule has 0 radical (unpaired) electrons. The molecule has 0 spiro atoms. The van der Waals surface area contributed by atoms with E-state index in [1.807, 2.05) is 25.1 Å². The van der Waals surface area contributed by atoms with Gasteiger partial charge in [0.15, 0.2) is 0 Å². The number of hydrogen-bond acceptors (Lipinski definition) is 3. The first-order valence-corrected chi connectivity index (χ1v) is 6.84. The van der Waals surface area contributed by atoms with Crippen molar-refractivity contribution < 1.29 is 14.2 Å². The maximum absolute atomic E-state index is 13.1. The van der Waals surface area contributed by atoms with Crippen LogP contribution in [0.2, 0.25) is 0 Å². The molecule has 3 nitrogen and oxygen atoms in total. The number of pyridine rings is 1. The molecule has 2 rings (SSSR count). The van der Waals surface area contributed by atoms with E-state index in [-0.39, 0.29) is 12.4 Å². The minimum absolute atomic E-state index is 0.0910. The molecule has 1 aromatic heterocycles. The lowest BCUT2D eigenvalue weighted by Crippen LogP contribution is -2.02. The Morgan fingerprint density at radius 2 is 2.10 bits per heavy atom. The summed E-state index contributed by atoms with van der Waals surface area (Å²) in [6.07, 6.45) is 4.17. The lowest BCUT2D eigenvalue weighted by Gasteiger charge is -2.08. The van der Waals surface area contributed by atoms with Crippen molar-refractivity contribution in [1.29, 1.82) is 0 Å². The Morgan fingerprint density at radius 3 is 2.86 bits per heavy atom. The molecular weight excluding hydrogens is 269 g/mol. The van der Waals surface area contributed by atoms with E-state index in [1.165, 1.54) is 12.1 Å². The van der Waals surface area contributed by atoms with Gasteiger partial charge in [-0.3, -0.25) is 0 Å². The number of rotatable bonds is 6. The first-order chi connectivity index (χ1) is 10.2. The average molecular weight is 287 g/mol. The summed E-state index contributed by atoms with van der Waals surface area (Å²) in [4.78, 5) is 4.42. The lowest BCUT2D eigenvalue weighted by atomic mass is 10.2. The third-order valence-electron chi connectivity index (χ3n) is 2.87. The zero-order chi connectivity index (χ0) is 15.1. The SMILES string of the molecule is Cc1ccc(OCCCO)c(/C=C/c2cccc(F)c2)n1. The molecule has 0 aliphatic heterocycles.